The van der Waals surface area contributed by atoms with E-state index in [1.807, 2.05) is 12.1 Å². The fraction of sp³-hybridized carbons (Fsp3) is 0.0556. The van der Waals surface area contributed by atoms with Crippen molar-refractivity contribution >= 4 is 78.4 Å². The molecule has 2 aromatic rings. The average Bonchev–Trinajstić information content (AvgIpc) is 2.90. The van der Waals surface area contributed by atoms with Gasteiger partial charge in [0.15, 0.2) is 4.32 Å². The monoisotopic (exact) mass is 526 g/mol. The molecule has 5 nitrogen and oxygen atoms in total. The van der Waals surface area contributed by atoms with Crippen LogP contribution in [-0.2, 0) is 4.79 Å². The lowest BCUT2D eigenvalue weighted by atomic mass is 10.2. The third-order valence-electron chi connectivity index (χ3n) is 3.55. The molecule has 1 saturated heterocycles. The fourth-order valence-electron chi connectivity index (χ4n) is 2.23. The molecule has 1 aliphatic rings. The van der Waals surface area contributed by atoms with E-state index in [0.717, 1.165) is 26.3 Å². The van der Waals surface area contributed by atoms with Gasteiger partial charge in [-0.2, -0.15) is 10.1 Å². The highest BCUT2D eigenvalue weighted by Crippen LogP contribution is 2.35. The minimum absolute atomic E-state index is 0.0788. The molecule has 2 aromatic carbocycles. The van der Waals surface area contributed by atoms with Gasteiger partial charge in [0, 0.05) is 10.0 Å². The van der Waals surface area contributed by atoms with Crippen molar-refractivity contribution in [3.05, 3.63) is 61.4 Å². The van der Waals surface area contributed by atoms with Crippen molar-refractivity contribution in [3.63, 3.8) is 0 Å². The highest BCUT2D eigenvalue weighted by atomic mass is 79.9. The summed E-state index contributed by atoms with van der Waals surface area (Å²) in [7, 11) is 1.59. The quantitative estimate of drug-likeness (QED) is 0.338. The van der Waals surface area contributed by atoms with Crippen LogP contribution in [0.25, 0.3) is 6.08 Å². The normalized spacial score (nSPS) is 16.0. The van der Waals surface area contributed by atoms with Gasteiger partial charge in [0.25, 0.3) is 5.91 Å². The zero-order chi connectivity index (χ0) is 19.6. The van der Waals surface area contributed by atoms with Crippen LogP contribution in [0, 0.1) is 0 Å². The number of thioether (sulfide) groups is 1. The second kappa shape index (κ2) is 8.55. The molecule has 1 heterocycles. The van der Waals surface area contributed by atoms with Crippen LogP contribution in [0.5, 0.6) is 11.5 Å². The zero-order valence-corrected chi connectivity index (χ0v) is 18.7. The molecular formula is C18H12Br2N2O3S2. The first-order valence-electron chi connectivity index (χ1n) is 7.53. The molecule has 0 spiro atoms. The van der Waals surface area contributed by atoms with Gasteiger partial charge >= 0.3 is 0 Å². The van der Waals surface area contributed by atoms with Crippen LogP contribution in [0.15, 0.2) is 55.4 Å². The summed E-state index contributed by atoms with van der Waals surface area (Å²) in [6.07, 6.45) is 3.15. The number of phenols is 1. The Morgan fingerprint density at radius 2 is 2.04 bits per heavy atom. The maximum atomic E-state index is 12.6. The largest absolute Gasteiger partial charge is 0.507 e. The zero-order valence-electron chi connectivity index (χ0n) is 13.8. The summed E-state index contributed by atoms with van der Waals surface area (Å²) in [6.45, 7) is 0. The summed E-state index contributed by atoms with van der Waals surface area (Å²) in [5.74, 6) is 0.442. The highest BCUT2D eigenvalue weighted by Gasteiger charge is 2.32. The van der Waals surface area contributed by atoms with Crippen LogP contribution in [0.4, 0.5) is 0 Å². The molecule has 27 heavy (non-hydrogen) atoms. The molecule has 0 unspecified atom stereocenters. The van der Waals surface area contributed by atoms with Crippen LogP contribution >= 0.6 is 55.8 Å². The number of carbonyl (C=O) groups is 1. The molecule has 0 saturated carbocycles. The van der Waals surface area contributed by atoms with Gasteiger partial charge in [-0.3, -0.25) is 4.79 Å². The number of hydrogen-bond acceptors (Lipinski definition) is 6. The number of ether oxygens (including phenoxy) is 1. The third kappa shape index (κ3) is 4.60. The minimum Gasteiger partial charge on any atom is -0.507 e. The van der Waals surface area contributed by atoms with E-state index in [1.165, 1.54) is 5.01 Å². The first-order valence-corrected chi connectivity index (χ1v) is 10.3. The Morgan fingerprint density at radius 3 is 2.74 bits per heavy atom. The molecule has 138 valence electrons. The topological polar surface area (TPSA) is 62.1 Å². The van der Waals surface area contributed by atoms with Crippen molar-refractivity contribution in [1.29, 1.82) is 0 Å². The average molecular weight is 528 g/mol. The van der Waals surface area contributed by atoms with Gasteiger partial charge in [-0.05, 0) is 76.2 Å². The Bertz CT molecular complexity index is 993. The summed E-state index contributed by atoms with van der Waals surface area (Å²) in [5, 5.41) is 15.3. The maximum absolute atomic E-state index is 12.6. The number of hydrogen-bond donors (Lipinski definition) is 1. The van der Waals surface area contributed by atoms with Gasteiger partial charge in [0.1, 0.15) is 11.5 Å². The second-order valence-electron chi connectivity index (χ2n) is 5.34. The number of phenolic OH excluding ortho intramolecular Hbond substituents is 1. The molecule has 3 rings (SSSR count). The van der Waals surface area contributed by atoms with Crippen LogP contribution < -0.4 is 4.74 Å². The molecule has 1 N–H and O–H groups in total. The van der Waals surface area contributed by atoms with Crippen molar-refractivity contribution in [3.8, 4) is 11.5 Å². The van der Waals surface area contributed by atoms with Crippen molar-refractivity contribution in [2.45, 2.75) is 0 Å². The number of nitrogens with zero attached hydrogens (tertiary/aromatic N) is 2. The van der Waals surface area contributed by atoms with Crippen LogP contribution in [0.1, 0.15) is 11.1 Å². The van der Waals surface area contributed by atoms with Gasteiger partial charge < -0.3 is 9.84 Å². The Balaban J connectivity index is 1.83. The number of halogens is 2. The Labute approximate surface area is 182 Å². The first-order chi connectivity index (χ1) is 12.9. The van der Waals surface area contributed by atoms with E-state index in [2.05, 4.69) is 37.0 Å². The number of methoxy groups -OCH3 is 1. The Hall–Kier alpha value is -1.68. The number of hydrazone groups is 1. The number of aromatic hydroxyl groups is 1. The number of benzene rings is 2. The smallest absolute Gasteiger partial charge is 0.286 e. The Kier molecular flexibility index (Phi) is 6.36. The molecule has 0 atom stereocenters. The fourth-order valence-corrected chi connectivity index (χ4v) is 4.33. The minimum atomic E-state index is -0.340. The highest BCUT2D eigenvalue weighted by molar-refractivity contribution is 9.10. The van der Waals surface area contributed by atoms with E-state index < -0.39 is 0 Å². The molecule has 0 radical (unpaired) electrons. The predicted molar refractivity (Wildman–Crippen MR) is 119 cm³/mol. The molecular weight excluding hydrogens is 516 g/mol. The first kappa shape index (κ1) is 20.1. The summed E-state index contributed by atoms with van der Waals surface area (Å²) in [5.41, 5.74) is 1.30. The number of thiocarbonyl (C=S) groups is 1. The van der Waals surface area contributed by atoms with Crippen LogP contribution in [0.3, 0.4) is 0 Å². The lowest BCUT2D eigenvalue weighted by molar-refractivity contribution is -0.122. The summed E-state index contributed by atoms with van der Waals surface area (Å²) in [4.78, 5) is 13.0. The standard InChI is InChI=1S/C18H12Br2N2O3S2/c1-25-15-5-2-10(6-13(15)20)9-21-22-17(24)16(27-18(22)26)8-11-7-12(19)3-4-14(11)23/h2-9,23H,1H3. The third-order valence-corrected chi connectivity index (χ3v) is 5.94. The summed E-state index contributed by atoms with van der Waals surface area (Å²) in [6, 6.07) is 10.4. The van der Waals surface area contributed by atoms with Crippen molar-refractivity contribution in [2.75, 3.05) is 7.11 Å². The maximum Gasteiger partial charge on any atom is 0.286 e. The number of rotatable bonds is 4. The van der Waals surface area contributed by atoms with E-state index in [9.17, 15) is 9.90 Å². The van der Waals surface area contributed by atoms with Crippen molar-refractivity contribution in [1.82, 2.24) is 5.01 Å². The molecule has 1 aliphatic heterocycles. The molecule has 0 aromatic heterocycles. The van der Waals surface area contributed by atoms with Crippen LogP contribution in [0.2, 0.25) is 0 Å². The second-order valence-corrected chi connectivity index (χ2v) is 8.78. The Morgan fingerprint density at radius 1 is 1.26 bits per heavy atom. The number of amides is 1. The molecule has 1 amide bonds. The lowest BCUT2D eigenvalue weighted by Crippen LogP contribution is -2.22. The predicted octanol–water partition coefficient (Wildman–Crippen LogP) is 5.16. The molecule has 0 aliphatic carbocycles. The van der Waals surface area contributed by atoms with Crippen LogP contribution in [-0.4, -0.2) is 33.7 Å². The van der Waals surface area contributed by atoms with Crippen molar-refractivity contribution < 1.29 is 14.6 Å². The lowest BCUT2D eigenvalue weighted by Gasteiger charge is -2.07. The van der Waals surface area contributed by atoms with Gasteiger partial charge in [-0.15, -0.1) is 0 Å². The molecule has 0 bridgehead atoms. The van der Waals surface area contributed by atoms with E-state index in [0.29, 0.717) is 20.5 Å². The van der Waals surface area contributed by atoms with Crippen molar-refractivity contribution in [2.24, 2.45) is 5.10 Å². The molecule has 9 heteroatoms. The van der Waals surface area contributed by atoms with E-state index >= 15 is 0 Å². The summed E-state index contributed by atoms with van der Waals surface area (Å²) >= 11 is 13.2. The van der Waals surface area contributed by atoms with Gasteiger partial charge in [-0.25, -0.2) is 0 Å². The van der Waals surface area contributed by atoms with Gasteiger partial charge in [-0.1, -0.05) is 27.7 Å². The molecule has 1 fully saturated rings. The van der Waals surface area contributed by atoms with Gasteiger partial charge in [0.2, 0.25) is 0 Å². The van der Waals surface area contributed by atoms with E-state index in [1.54, 1.807) is 43.7 Å². The number of carbonyl (C=O) groups excluding carboxylic acids is 1. The van der Waals surface area contributed by atoms with E-state index in [4.69, 9.17) is 17.0 Å². The SMILES string of the molecule is COc1ccc(C=NN2C(=O)C(=Cc3cc(Br)ccc3O)SC2=S)cc1Br. The summed E-state index contributed by atoms with van der Waals surface area (Å²) < 4.78 is 7.09. The van der Waals surface area contributed by atoms with Gasteiger partial charge in [0.05, 0.1) is 22.7 Å². The van der Waals surface area contributed by atoms with E-state index in [-0.39, 0.29) is 11.7 Å².